The van der Waals surface area contributed by atoms with Gasteiger partial charge in [-0.25, -0.2) is 0 Å². The molecular weight excluding hydrogens is 277 g/mol. The van der Waals surface area contributed by atoms with Crippen LogP contribution in [-0.2, 0) is 0 Å². The minimum atomic E-state index is 0.537. The van der Waals surface area contributed by atoms with Gasteiger partial charge in [0.1, 0.15) is 0 Å². The maximum atomic E-state index is 5.82. The van der Waals surface area contributed by atoms with Crippen LogP contribution in [0, 0.1) is 3.57 Å². The first-order valence-corrected chi connectivity index (χ1v) is 4.85. The van der Waals surface area contributed by atoms with Gasteiger partial charge in [-0.05, 0) is 40.8 Å². The number of hydrogen-bond acceptors (Lipinski definition) is 3. The second kappa shape index (κ2) is 3.02. The van der Waals surface area contributed by atoms with E-state index in [1.165, 1.54) is 0 Å². The van der Waals surface area contributed by atoms with Gasteiger partial charge >= 0.3 is 0 Å². The fourth-order valence-electron chi connectivity index (χ4n) is 1.20. The SMILES string of the molecule is Nc1cnc2ccc(I)cc2c1N. The van der Waals surface area contributed by atoms with Gasteiger partial charge in [-0.1, -0.05) is 0 Å². The molecule has 0 spiro atoms. The summed E-state index contributed by atoms with van der Waals surface area (Å²) in [5, 5.41) is 0.923. The molecule has 0 aliphatic rings. The Morgan fingerprint density at radius 1 is 1.23 bits per heavy atom. The zero-order valence-electron chi connectivity index (χ0n) is 6.79. The van der Waals surface area contributed by atoms with E-state index >= 15 is 0 Å². The van der Waals surface area contributed by atoms with Crippen molar-refractivity contribution < 1.29 is 0 Å². The van der Waals surface area contributed by atoms with E-state index in [-0.39, 0.29) is 0 Å². The molecule has 0 atom stereocenters. The summed E-state index contributed by atoms with van der Waals surface area (Å²) < 4.78 is 1.13. The third-order valence-corrected chi connectivity index (χ3v) is 2.57. The summed E-state index contributed by atoms with van der Waals surface area (Å²) in [6.45, 7) is 0. The molecule has 0 radical (unpaired) electrons. The molecule has 2 aromatic rings. The lowest BCUT2D eigenvalue weighted by Crippen LogP contribution is -1.97. The molecule has 1 heterocycles. The molecular formula is C9H8IN3. The van der Waals surface area contributed by atoms with E-state index in [4.69, 9.17) is 11.5 Å². The summed E-state index contributed by atoms with van der Waals surface area (Å²) in [6, 6.07) is 5.91. The molecule has 0 saturated carbocycles. The Morgan fingerprint density at radius 2 is 2.00 bits per heavy atom. The smallest absolute Gasteiger partial charge is 0.0740 e. The molecule has 3 nitrogen and oxygen atoms in total. The molecule has 0 aliphatic heterocycles. The highest BCUT2D eigenvalue weighted by Gasteiger charge is 2.02. The minimum Gasteiger partial charge on any atom is -0.396 e. The fraction of sp³-hybridized carbons (Fsp3) is 0. The number of pyridine rings is 1. The Labute approximate surface area is 89.3 Å². The summed E-state index contributed by atoms with van der Waals surface area (Å²) in [4.78, 5) is 4.17. The number of halogens is 1. The normalized spacial score (nSPS) is 10.5. The molecule has 1 aromatic carbocycles. The zero-order chi connectivity index (χ0) is 9.42. The summed E-state index contributed by atoms with van der Waals surface area (Å²) >= 11 is 2.23. The Bertz CT molecular complexity index is 462. The van der Waals surface area contributed by atoms with Gasteiger partial charge in [0.2, 0.25) is 0 Å². The van der Waals surface area contributed by atoms with E-state index in [0.29, 0.717) is 11.4 Å². The van der Waals surface area contributed by atoms with Gasteiger partial charge in [-0.3, -0.25) is 4.98 Å². The molecule has 0 amide bonds. The average Bonchev–Trinajstić information content (AvgIpc) is 2.12. The highest BCUT2D eigenvalue weighted by molar-refractivity contribution is 14.1. The minimum absolute atomic E-state index is 0.537. The van der Waals surface area contributed by atoms with Crippen molar-refractivity contribution in [1.29, 1.82) is 0 Å². The van der Waals surface area contributed by atoms with E-state index < -0.39 is 0 Å². The summed E-state index contributed by atoms with van der Waals surface area (Å²) in [5.41, 5.74) is 13.5. The van der Waals surface area contributed by atoms with Gasteiger partial charge in [0.15, 0.2) is 0 Å². The van der Waals surface area contributed by atoms with Crippen molar-refractivity contribution in [1.82, 2.24) is 4.98 Å². The van der Waals surface area contributed by atoms with Gasteiger partial charge in [0.25, 0.3) is 0 Å². The molecule has 66 valence electrons. The van der Waals surface area contributed by atoms with E-state index in [0.717, 1.165) is 14.5 Å². The second-order valence-electron chi connectivity index (χ2n) is 2.79. The quantitative estimate of drug-likeness (QED) is 0.728. The van der Waals surface area contributed by atoms with E-state index in [2.05, 4.69) is 27.6 Å². The van der Waals surface area contributed by atoms with Crippen molar-refractivity contribution in [3.05, 3.63) is 28.0 Å². The lowest BCUT2D eigenvalue weighted by Gasteiger charge is -2.04. The molecule has 4 heteroatoms. The molecule has 1 aromatic heterocycles. The Kier molecular flexibility index (Phi) is 1.99. The van der Waals surface area contributed by atoms with Crippen LogP contribution in [0.4, 0.5) is 11.4 Å². The van der Waals surface area contributed by atoms with Crippen LogP contribution < -0.4 is 11.5 Å². The number of nitrogen functional groups attached to an aromatic ring is 2. The number of benzene rings is 1. The molecule has 13 heavy (non-hydrogen) atoms. The number of anilines is 2. The highest BCUT2D eigenvalue weighted by atomic mass is 127. The largest absolute Gasteiger partial charge is 0.396 e. The van der Waals surface area contributed by atoms with Gasteiger partial charge in [-0.2, -0.15) is 0 Å². The summed E-state index contributed by atoms with van der Waals surface area (Å²) in [6.07, 6.45) is 1.59. The number of fused-ring (bicyclic) bond motifs is 1. The van der Waals surface area contributed by atoms with Crippen LogP contribution in [0.5, 0.6) is 0 Å². The van der Waals surface area contributed by atoms with E-state index in [9.17, 15) is 0 Å². The molecule has 0 bridgehead atoms. The van der Waals surface area contributed by atoms with Crippen LogP contribution in [0.2, 0.25) is 0 Å². The van der Waals surface area contributed by atoms with Crippen molar-refractivity contribution in [3.63, 3.8) is 0 Å². The summed E-state index contributed by atoms with van der Waals surface area (Å²) in [5.74, 6) is 0. The number of nitrogens with two attached hydrogens (primary N) is 2. The fourth-order valence-corrected chi connectivity index (χ4v) is 1.69. The first kappa shape index (κ1) is 8.55. The van der Waals surface area contributed by atoms with Crippen molar-refractivity contribution in [2.24, 2.45) is 0 Å². The van der Waals surface area contributed by atoms with Gasteiger partial charge in [0, 0.05) is 8.96 Å². The van der Waals surface area contributed by atoms with Crippen LogP contribution in [0.1, 0.15) is 0 Å². The maximum absolute atomic E-state index is 5.82. The van der Waals surface area contributed by atoms with Gasteiger partial charge < -0.3 is 11.5 Å². The monoisotopic (exact) mass is 285 g/mol. The standard InChI is InChI=1S/C9H8IN3/c10-5-1-2-8-6(3-5)9(12)7(11)4-13-8/h1-4H,11H2,(H2,12,13). The maximum Gasteiger partial charge on any atom is 0.0740 e. The molecule has 2 rings (SSSR count). The number of aromatic nitrogens is 1. The molecule has 0 fully saturated rings. The van der Waals surface area contributed by atoms with Crippen LogP contribution in [-0.4, -0.2) is 4.98 Å². The van der Waals surface area contributed by atoms with Gasteiger partial charge in [-0.15, -0.1) is 0 Å². The van der Waals surface area contributed by atoms with Crippen molar-refractivity contribution in [2.45, 2.75) is 0 Å². The lowest BCUT2D eigenvalue weighted by atomic mass is 10.2. The Morgan fingerprint density at radius 3 is 2.77 bits per heavy atom. The van der Waals surface area contributed by atoms with Crippen molar-refractivity contribution >= 4 is 44.9 Å². The third-order valence-electron chi connectivity index (χ3n) is 1.90. The number of rotatable bonds is 0. The zero-order valence-corrected chi connectivity index (χ0v) is 8.95. The number of hydrogen-bond donors (Lipinski definition) is 2. The molecule has 0 aliphatic carbocycles. The van der Waals surface area contributed by atoms with Crippen LogP contribution in [0.15, 0.2) is 24.4 Å². The number of nitrogens with zero attached hydrogens (tertiary/aromatic N) is 1. The lowest BCUT2D eigenvalue weighted by molar-refractivity contribution is 1.41. The van der Waals surface area contributed by atoms with E-state index in [1.807, 2.05) is 18.2 Å². The van der Waals surface area contributed by atoms with Crippen molar-refractivity contribution in [3.8, 4) is 0 Å². The predicted octanol–water partition coefficient (Wildman–Crippen LogP) is 2.00. The van der Waals surface area contributed by atoms with E-state index in [1.54, 1.807) is 6.20 Å². The first-order chi connectivity index (χ1) is 6.18. The molecule has 0 saturated heterocycles. The topological polar surface area (TPSA) is 64.9 Å². The predicted molar refractivity (Wildman–Crippen MR) is 63.3 cm³/mol. The Balaban J connectivity index is 2.89. The van der Waals surface area contributed by atoms with Crippen molar-refractivity contribution in [2.75, 3.05) is 11.5 Å². The van der Waals surface area contributed by atoms with Crippen LogP contribution in [0.3, 0.4) is 0 Å². The Hall–Kier alpha value is -1.04. The third kappa shape index (κ3) is 1.41. The second-order valence-corrected chi connectivity index (χ2v) is 4.03. The highest BCUT2D eigenvalue weighted by Crippen LogP contribution is 2.25. The molecule has 4 N–H and O–H groups in total. The average molecular weight is 285 g/mol. The van der Waals surface area contributed by atoms with Crippen LogP contribution >= 0.6 is 22.6 Å². The summed E-state index contributed by atoms with van der Waals surface area (Å²) in [7, 11) is 0. The molecule has 0 unspecified atom stereocenters. The first-order valence-electron chi connectivity index (χ1n) is 3.77. The van der Waals surface area contributed by atoms with Crippen LogP contribution in [0.25, 0.3) is 10.9 Å². The van der Waals surface area contributed by atoms with Gasteiger partial charge in [0.05, 0.1) is 23.1 Å².